The summed E-state index contributed by atoms with van der Waals surface area (Å²) in [6.45, 7) is 5.10. The number of nitrogens with zero attached hydrogens (tertiary/aromatic N) is 2. The van der Waals surface area contributed by atoms with E-state index in [1.165, 1.54) is 4.90 Å². The zero-order valence-electron chi connectivity index (χ0n) is 11.3. The number of carbonyl (C=O) groups excluding carboxylic acids is 2. The molecule has 0 spiro atoms. The lowest BCUT2D eigenvalue weighted by molar-refractivity contribution is -0.121. The molecule has 0 aliphatic rings. The highest BCUT2D eigenvalue weighted by atomic mass is 16.2. The number of amides is 2. The van der Waals surface area contributed by atoms with Gasteiger partial charge in [-0.15, -0.1) is 0 Å². The lowest BCUT2D eigenvalue weighted by Gasteiger charge is -2.19. The van der Waals surface area contributed by atoms with Crippen molar-refractivity contribution in [3.05, 3.63) is 29.6 Å². The number of hydrogen-bond donors (Lipinski definition) is 2. The summed E-state index contributed by atoms with van der Waals surface area (Å²) in [4.78, 5) is 29.2. The van der Waals surface area contributed by atoms with Gasteiger partial charge in [-0.2, -0.15) is 0 Å². The zero-order chi connectivity index (χ0) is 14.3. The lowest BCUT2D eigenvalue weighted by Crippen LogP contribution is -2.40. The molecule has 0 aliphatic heterocycles. The fourth-order valence-electron chi connectivity index (χ4n) is 1.59. The predicted molar refractivity (Wildman–Crippen MR) is 72.4 cm³/mol. The Hall–Kier alpha value is -1.95. The molecule has 0 unspecified atom stereocenters. The molecule has 2 amide bonds. The van der Waals surface area contributed by atoms with Crippen molar-refractivity contribution in [1.82, 2.24) is 15.2 Å². The summed E-state index contributed by atoms with van der Waals surface area (Å²) in [5.74, 6) is -0.423. The van der Waals surface area contributed by atoms with Crippen LogP contribution in [0.2, 0.25) is 0 Å². The second-order valence-corrected chi connectivity index (χ2v) is 4.03. The molecule has 104 valence electrons. The van der Waals surface area contributed by atoms with Gasteiger partial charge < -0.3 is 16.0 Å². The SMILES string of the molecule is CCNC(=O)CN(CC)C(=O)c1ccc(CN)cn1. The van der Waals surface area contributed by atoms with Crippen molar-refractivity contribution in [2.24, 2.45) is 5.73 Å². The number of likely N-dealkylation sites (N-methyl/N-ethyl adjacent to an activating group) is 2. The fraction of sp³-hybridized carbons (Fsp3) is 0.462. The van der Waals surface area contributed by atoms with Gasteiger partial charge in [-0.05, 0) is 25.5 Å². The Kier molecular flexibility index (Phi) is 5.95. The van der Waals surface area contributed by atoms with E-state index in [9.17, 15) is 9.59 Å². The molecule has 0 aliphatic carbocycles. The molecule has 1 rings (SSSR count). The zero-order valence-corrected chi connectivity index (χ0v) is 11.3. The van der Waals surface area contributed by atoms with Gasteiger partial charge in [-0.1, -0.05) is 6.07 Å². The highest BCUT2D eigenvalue weighted by molar-refractivity contribution is 5.94. The normalized spacial score (nSPS) is 10.1. The van der Waals surface area contributed by atoms with Gasteiger partial charge in [0.15, 0.2) is 0 Å². The largest absolute Gasteiger partial charge is 0.355 e. The van der Waals surface area contributed by atoms with E-state index in [-0.39, 0.29) is 18.4 Å². The number of carbonyl (C=O) groups is 2. The van der Waals surface area contributed by atoms with Crippen molar-refractivity contribution in [1.29, 1.82) is 0 Å². The van der Waals surface area contributed by atoms with Gasteiger partial charge in [0.25, 0.3) is 5.91 Å². The van der Waals surface area contributed by atoms with Crippen molar-refractivity contribution in [3.63, 3.8) is 0 Å². The molecule has 0 saturated carbocycles. The highest BCUT2D eigenvalue weighted by Crippen LogP contribution is 2.04. The summed E-state index contributed by atoms with van der Waals surface area (Å²) in [7, 11) is 0. The van der Waals surface area contributed by atoms with Gasteiger partial charge in [-0.3, -0.25) is 14.6 Å². The number of hydrogen-bond acceptors (Lipinski definition) is 4. The minimum atomic E-state index is -0.252. The van der Waals surface area contributed by atoms with E-state index < -0.39 is 0 Å². The summed E-state index contributed by atoms with van der Waals surface area (Å²) in [6, 6.07) is 3.39. The topological polar surface area (TPSA) is 88.3 Å². The summed E-state index contributed by atoms with van der Waals surface area (Å²) in [5.41, 5.74) is 6.66. The molecule has 1 aromatic heterocycles. The van der Waals surface area contributed by atoms with Crippen molar-refractivity contribution in [3.8, 4) is 0 Å². The molecule has 0 atom stereocenters. The number of nitrogens with two attached hydrogens (primary N) is 1. The van der Waals surface area contributed by atoms with Crippen molar-refractivity contribution < 1.29 is 9.59 Å². The molecule has 1 heterocycles. The maximum absolute atomic E-state index is 12.2. The van der Waals surface area contributed by atoms with Crippen molar-refractivity contribution >= 4 is 11.8 Å². The van der Waals surface area contributed by atoms with Crippen LogP contribution < -0.4 is 11.1 Å². The Bertz CT molecular complexity index is 431. The second-order valence-electron chi connectivity index (χ2n) is 4.03. The molecule has 0 fully saturated rings. The van der Waals surface area contributed by atoms with Crippen LogP contribution in [0.1, 0.15) is 29.9 Å². The minimum absolute atomic E-state index is 0.0451. The molecule has 0 aromatic carbocycles. The molecular weight excluding hydrogens is 244 g/mol. The molecule has 0 saturated heterocycles. The summed E-state index contributed by atoms with van der Waals surface area (Å²) < 4.78 is 0. The molecule has 0 bridgehead atoms. The van der Waals surface area contributed by atoms with Crippen molar-refractivity contribution in [2.75, 3.05) is 19.6 Å². The van der Waals surface area contributed by atoms with Crippen LogP contribution in [0.15, 0.2) is 18.3 Å². The fourth-order valence-corrected chi connectivity index (χ4v) is 1.59. The Labute approximate surface area is 113 Å². The highest BCUT2D eigenvalue weighted by Gasteiger charge is 2.17. The van der Waals surface area contributed by atoms with Crippen LogP contribution in [0, 0.1) is 0 Å². The van der Waals surface area contributed by atoms with E-state index in [0.717, 1.165) is 5.56 Å². The van der Waals surface area contributed by atoms with Gasteiger partial charge in [0.1, 0.15) is 5.69 Å². The van der Waals surface area contributed by atoms with E-state index in [1.807, 2.05) is 13.8 Å². The van der Waals surface area contributed by atoms with Gasteiger partial charge >= 0.3 is 0 Å². The Balaban J connectivity index is 2.74. The third-order valence-electron chi connectivity index (χ3n) is 2.66. The first kappa shape index (κ1) is 15.1. The van der Waals surface area contributed by atoms with Gasteiger partial charge in [0, 0.05) is 25.8 Å². The van der Waals surface area contributed by atoms with Crippen LogP contribution in [0.25, 0.3) is 0 Å². The number of nitrogens with one attached hydrogen (secondary N) is 1. The average Bonchev–Trinajstić information content (AvgIpc) is 2.44. The first-order valence-corrected chi connectivity index (χ1v) is 6.33. The third-order valence-corrected chi connectivity index (χ3v) is 2.66. The summed E-state index contributed by atoms with van der Waals surface area (Å²) >= 11 is 0. The molecule has 19 heavy (non-hydrogen) atoms. The maximum Gasteiger partial charge on any atom is 0.272 e. The van der Waals surface area contributed by atoms with Crippen LogP contribution >= 0.6 is 0 Å². The first-order chi connectivity index (χ1) is 9.12. The van der Waals surface area contributed by atoms with Crippen LogP contribution in [0.5, 0.6) is 0 Å². The van der Waals surface area contributed by atoms with Crippen LogP contribution in [0.3, 0.4) is 0 Å². The lowest BCUT2D eigenvalue weighted by atomic mass is 10.2. The van der Waals surface area contributed by atoms with Crippen molar-refractivity contribution in [2.45, 2.75) is 20.4 Å². The van der Waals surface area contributed by atoms with E-state index in [0.29, 0.717) is 25.3 Å². The summed E-state index contributed by atoms with van der Waals surface area (Å²) in [5, 5.41) is 2.67. The Morgan fingerprint density at radius 1 is 1.37 bits per heavy atom. The van der Waals surface area contributed by atoms with Gasteiger partial charge in [-0.25, -0.2) is 0 Å². The monoisotopic (exact) mass is 264 g/mol. The first-order valence-electron chi connectivity index (χ1n) is 6.33. The van der Waals surface area contributed by atoms with E-state index in [4.69, 9.17) is 5.73 Å². The van der Waals surface area contributed by atoms with Gasteiger partial charge in [0.05, 0.1) is 6.54 Å². The van der Waals surface area contributed by atoms with E-state index in [2.05, 4.69) is 10.3 Å². The maximum atomic E-state index is 12.2. The predicted octanol–water partition coefficient (Wildman–Crippen LogP) is 0.139. The quantitative estimate of drug-likeness (QED) is 0.765. The standard InChI is InChI=1S/C13H20N4O2/c1-3-15-12(18)9-17(4-2)13(19)11-6-5-10(7-14)8-16-11/h5-6,8H,3-4,7,9,14H2,1-2H3,(H,15,18). The number of rotatable bonds is 6. The van der Waals surface area contributed by atoms with Crippen LogP contribution in [0.4, 0.5) is 0 Å². The molecule has 6 nitrogen and oxygen atoms in total. The molecule has 3 N–H and O–H groups in total. The second kappa shape index (κ2) is 7.48. The third kappa shape index (κ3) is 4.33. The van der Waals surface area contributed by atoms with Crippen LogP contribution in [-0.4, -0.2) is 41.3 Å². The molecular formula is C13H20N4O2. The Morgan fingerprint density at radius 3 is 2.58 bits per heavy atom. The summed E-state index contributed by atoms with van der Waals surface area (Å²) in [6.07, 6.45) is 1.58. The van der Waals surface area contributed by atoms with E-state index in [1.54, 1.807) is 18.3 Å². The Morgan fingerprint density at radius 2 is 2.11 bits per heavy atom. The average molecular weight is 264 g/mol. The smallest absolute Gasteiger partial charge is 0.272 e. The van der Waals surface area contributed by atoms with Gasteiger partial charge in [0.2, 0.25) is 5.91 Å². The van der Waals surface area contributed by atoms with E-state index >= 15 is 0 Å². The van der Waals surface area contributed by atoms with Crippen LogP contribution in [-0.2, 0) is 11.3 Å². The number of pyridine rings is 1. The number of aromatic nitrogens is 1. The molecule has 1 aromatic rings. The molecule has 6 heteroatoms. The molecule has 0 radical (unpaired) electrons. The minimum Gasteiger partial charge on any atom is -0.355 e.